The van der Waals surface area contributed by atoms with Crippen LogP contribution in [0.1, 0.15) is 5.56 Å². The molecule has 0 aliphatic rings. The second kappa shape index (κ2) is 5.61. The number of anilines is 1. The van der Waals surface area contributed by atoms with Gasteiger partial charge in [-0.1, -0.05) is 23.2 Å². The van der Waals surface area contributed by atoms with E-state index in [4.69, 9.17) is 28.3 Å². The maximum absolute atomic E-state index is 12.3. The van der Waals surface area contributed by atoms with Crippen LogP contribution in [0.2, 0.25) is 10.0 Å². The van der Waals surface area contributed by atoms with Crippen LogP contribution in [0.25, 0.3) is 0 Å². The zero-order valence-corrected chi connectivity index (χ0v) is 12.7. The van der Waals surface area contributed by atoms with Crippen molar-refractivity contribution in [2.75, 3.05) is 4.72 Å². The van der Waals surface area contributed by atoms with Gasteiger partial charge in [0, 0.05) is 24.3 Å². The van der Waals surface area contributed by atoms with Gasteiger partial charge in [0.2, 0.25) is 0 Å². The molecule has 6 nitrogen and oxygen atoms in total. The summed E-state index contributed by atoms with van der Waals surface area (Å²) in [5, 5.41) is 13.2. The lowest BCUT2D eigenvalue weighted by molar-refractivity contribution is 0.281. The maximum atomic E-state index is 12.3. The van der Waals surface area contributed by atoms with Gasteiger partial charge in [-0.15, -0.1) is 0 Å². The van der Waals surface area contributed by atoms with Gasteiger partial charge in [0.1, 0.15) is 4.90 Å². The Balaban J connectivity index is 2.46. The molecule has 2 N–H and O–H groups in total. The largest absolute Gasteiger partial charge is 0.392 e. The van der Waals surface area contributed by atoms with Crippen molar-refractivity contribution < 1.29 is 13.5 Å². The van der Waals surface area contributed by atoms with Gasteiger partial charge >= 0.3 is 0 Å². The lowest BCUT2D eigenvalue weighted by Gasteiger charge is -2.10. The predicted molar refractivity (Wildman–Crippen MR) is 76.4 cm³/mol. The normalized spacial score (nSPS) is 11.6. The molecular formula is C11H11Cl2N3O3S. The predicted octanol–water partition coefficient (Wildman–Crippen LogP) is 2.02. The zero-order valence-electron chi connectivity index (χ0n) is 10.3. The first-order valence-electron chi connectivity index (χ1n) is 5.45. The van der Waals surface area contributed by atoms with E-state index in [0.29, 0.717) is 0 Å². The Hall–Kier alpha value is -1.28. The van der Waals surface area contributed by atoms with Crippen molar-refractivity contribution >= 4 is 39.0 Å². The Labute approximate surface area is 126 Å². The molecule has 108 valence electrons. The van der Waals surface area contributed by atoms with E-state index >= 15 is 0 Å². The molecule has 0 aliphatic carbocycles. The standard InChI is InChI=1S/C11H11Cl2N3O3S/c1-16-3-2-10(14-16)15-20(18,19)9-5-8(12)4-7(6-17)11(9)13/h2-5,17H,6H2,1H3,(H,14,15). The number of nitrogens with zero attached hydrogens (tertiary/aromatic N) is 2. The minimum atomic E-state index is -3.94. The monoisotopic (exact) mass is 335 g/mol. The van der Waals surface area contributed by atoms with Crippen molar-refractivity contribution in [3.8, 4) is 0 Å². The number of aromatic nitrogens is 2. The fourth-order valence-electron chi connectivity index (χ4n) is 1.59. The van der Waals surface area contributed by atoms with Crippen LogP contribution in [0.5, 0.6) is 0 Å². The van der Waals surface area contributed by atoms with Crippen molar-refractivity contribution in [1.82, 2.24) is 9.78 Å². The highest BCUT2D eigenvalue weighted by Crippen LogP contribution is 2.30. The summed E-state index contributed by atoms with van der Waals surface area (Å²) in [6, 6.07) is 4.13. The first-order chi connectivity index (χ1) is 9.33. The SMILES string of the molecule is Cn1ccc(NS(=O)(=O)c2cc(Cl)cc(CO)c2Cl)n1. The molecule has 0 saturated carbocycles. The van der Waals surface area contributed by atoms with E-state index in [1.54, 1.807) is 13.2 Å². The fraction of sp³-hybridized carbons (Fsp3) is 0.182. The highest BCUT2D eigenvalue weighted by Gasteiger charge is 2.22. The molecule has 0 radical (unpaired) electrons. The van der Waals surface area contributed by atoms with E-state index in [-0.39, 0.29) is 26.3 Å². The molecule has 0 spiro atoms. The molecule has 1 heterocycles. The molecule has 0 amide bonds. The number of hydrogen-bond donors (Lipinski definition) is 2. The molecule has 0 bridgehead atoms. The average Bonchev–Trinajstić information content (AvgIpc) is 2.76. The number of aliphatic hydroxyl groups excluding tert-OH is 1. The topological polar surface area (TPSA) is 84.2 Å². The van der Waals surface area contributed by atoms with Gasteiger partial charge in [-0.05, 0) is 17.7 Å². The van der Waals surface area contributed by atoms with Crippen LogP contribution in [-0.2, 0) is 23.7 Å². The molecule has 0 atom stereocenters. The van der Waals surface area contributed by atoms with Gasteiger partial charge in [-0.2, -0.15) is 5.10 Å². The minimum Gasteiger partial charge on any atom is -0.392 e. The Morgan fingerprint density at radius 1 is 1.40 bits per heavy atom. The third-order valence-corrected chi connectivity index (χ3v) is 4.65. The van der Waals surface area contributed by atoms with Gasteiger partial charge in [-0.25, -0.2) is 8.42 Å². The van der Waals surface area contributed by atoms with Crippen LogP contribution in [0.4, 0.5) is 5.82 Å². The summed E-state index contributed by atoms with van der Waals surface area (Å²) in [6.07, 6.45) is 1.59. The van der Waals surface area contributed by atoms with Crippen molar-refractivity contribution in [2.45, 2.75) is 11.5 Å². The maximum Gasteiger partial charge on any atom is 0.264 e. The van der Waals surface area contributed by atoms with E-state index in [0.717, 1.165) is 0 Å². The van der Waals surface area contributed by atoms with E-state index < -0.39 is 16.6 Å². The van der Waals surface area contributed by atoms with Gasteiger partial charge in [0.25, 0.3) is 10.0 Å². The highest BCUT2D eigenvalue weighted by molar-refractivity contribution is 7.92. The van der Waals surface area contributed by atoms with Crippen LogP contribution in [-0.4, -0.2) is 23.3 Å². The summed E-state index contributed by atoms with van der Waals surface area (Å²) in [5.74, 6) is 0.161. The molecule has 2 rings (SSSR count). The van der Waals surface area contributed by atoms with E-state index in [1.807, 2.05) is 0 Å². The first-order valence-corrected chi connectivity index (χ1v) is 7.68. The number of hydrogen-bond acceptors (Lipinski definition) is 4. The number of aryl methyl sites for hydroxylation is 1. The third-order valence-electron chi connectivity index (χ3n) is 2.49. The summed E-state index contributed by atoms with van der Waals surface area (Å²) in [5.41, 5.74) is 0.237. The summed E-state index contributed by atoms with van der Waals surface area (Å²) >= 11 is 11.8. The van der Waals surface area contributed by atoms with Gasteiger partial charge < -0.3 is 5.11 Å². The van der Waals surface area contributed by atoms with Crippen LogP contribution in [0, 0.1) is 0 Å². The van der Waals surface area contributed by atoms with Crippen molar-refractivity contribution in [3.05, 3.63) is 40.0 Å². The van der Waals surface area contributed by atoms with Gasteiger partial charge in [-0.3, -0.25) is 9.40 Å². The lowest BCUT2D eigenvalue weighted by atomic mass is 10.2. The number of sulfonamides is 1. The summed E-state index contributed by atoms with van der Waals surface area (Å²) in [4.78, 5) is -0.207. The van der Waals surface area contributed by atoms with E-state index in [9.17, 15) is 8.42 Å². The molecule has 9 heteroatoms. The average molecular weight is 336 g/mol. The number of rotatable bonds is 4. The fourth-order valence-corrected chi connectivity index (χ4v) is 3.51. The van der Waals surface area contributed by atoms with E-state index in [2.05, 4.69) is 9.82 Å². The quantitative estimate of drug-likeness (QED) is 0.895. The molecule has 0 aliphatic heterocycles. The van der Waals surface area contributed by atoms with Crippen LogP contribution in [0.15, 0.2) is 29.3 Å². The Bertz CT molecular complexity index is 743. The van der Waals surface area contributed by atoms with E-state index in [1.165, 1.54) is 22.9 Å². The molecule has 0 fully saturated rings. The molecule has 2 aromatic rings. The van der Waals surface area contributed by atoms with Crippen LogP contribution < -0.4 is 4.72 Å². The zero-order chi connectivity index (χ0) is 14.9. The number of halogens is 2. The smallest absolute Gasteiger partial charge is 0.264 e. The Morgan fingerprint density at radius 2 is 2.10 bits per heavy atom. The lowest BCUT2D eigenvalue weighted by Crippen LogP contribution is -2.14. The molecule has 0 unspecified atom stereocenters. The van der Waals surface area contributed by atoms with Gasteiger partial charge in [0.15, 0.2) is 5.82 Å². The third kappa shape index (κ3) is 3.06. The van der Waals surface area contributed by atoms with Crippen LogP contribution >= 0.6 is 23.2 Å². The van der Waals surface area contributed by atoms with Crippen LogP contribution in [0.3, 0.4) is 0 Å². The highest BCUT2D eigenvalue weighted by atomic mass is 35.5. The molecular weight excluding hydrogens is 325 g/mol. The number of benzene rings is 1. The summed E-state index contributed by atoms with van der Waals surface area (Å²) < 4.78 is 28.3. The first kappa shape index (κ1) is 15.1. The number of nitrogens with one attached hydrogen (secondary N) is 1. The summed E-state index contributed by atoms with van der Waals surface area (Å²) in [6.45, 7) is -0.411. The Morgan fingerprint density at radius 3 is 2.65 bits per heavy atom. The second-order valence-corrected chi connectivity index (χ2v) is 6.48. The molecule has 0 saturated heterocycles. The second-order valence-electron chi connectivity index (χ2n) is 4.02. The summed E-state index contributed by atoms with van der Waals surface area (Å²) in [7, 11) is -2.28. The molecule has 1 aromatic carbocycles. The Kier molecular flexibility index (Phi) is 4.24. The molecule has 20 heavy (non-hydrogen) atoms. The number of aliphatic hydroxyl groups is 1. The van der Waals surface area contributed by atoms with Crippen molar-refractivity contribution in [3.63, 3.8) is 0 Å². The molecule has 1 aromatic heterocycles. The van der Waals surface area contributed by atoms with Crippen molar-refractivity contribution in [2.24, 2.45) is 7.05 Å². The van der Waals surface area contributed by atoms with Crippen molar-refractivity contribution in [1.29, 1.82) is 0 Å². The minimum absolute atomic E-state index is 0.0691. The van der Waals surface area contributed by atoms with Gasteiger partial charge in [0.05, 0.1) is 11.6 Å².